The van der Waals surface area contributed by atoms with Crippen LogP contribution in [0.1, 0.15) is 58.2 Å². The van der Waals surface area contributed by atoms with Crippen LogP contribution < -0.4 is 5.56 Å². The minimum atomic E-state index is -0.0343. The lowest BCUT2D eigenvalue weighted by Gasteiger charge is -2.36. The minimum absolute atomic E-state index is 0.0343. The van der Waals surface area contributed by atoms with E-state index in [9.17, 15) is 4.79 Å². The molecule has 2 rings (SSSR count). The lowest BCUT2D eigenvalue weighted by molar-refractivity contribution is 0.167. The minimum Gasteiger partial charge on any atom is -0.310 e. The van der Waals surface area contributed by atoms with Gasteiger partial charge in [-0.2, -0.15) is 0 Å². The fraction of sp³-hybridized carbons (Fsp3) is 0.714. The first-order chi connectivity index (χ1) is 7.97. The zero-order chi connectivity index (χ0) is 12.5. The maximum atomic E-state index is 11.3. The molecule has 0 unspecified atom stereocenters. The summed E-state index contributed by atoms with van der Waals surface area (Å²) in [4.78, 5) is 18.4. The van der Waals surface area contributed by atoms with E-state index in [4.69, 9.17) is 0 Å². The van der Waals surface area contributed by atoms with Crippen LogP contribution in [0, 0.1) is 11.3 Å². The van der Waals surface area contributed by atoms with Crippen LogP contribution in [0.15, 0.2) is 17.1 Å². The molecule has 0 amide bonds. The van der Waals surface area contributed by atoms with E-state index in [0.717, 1.165) is 24.6 Å². The number of hydrogen-bond donors (Lipinski definition) is 1. The smallest absolute Gasteiger partial charge is 0.250 e. The van der Waals surface area contributed by atoms with Gasteiger partial charge in [0.05, 0.1) is 0 Å². The summed E-state index contributed by atoms with van der Waals surface area (Å²) in [6.45, 7) is 6.96. The van der Waals surface area contributed by atoms with Crippen LogP contribution in [-0.2, 0) is 0 Å². The van der Waals surface area contributed by atoms with Crippen molar-refractivity contribution in [3.8, 4) is 0 Å². The molecule has 1 aromatic heterocycles. The molecule has 1 aliphatic rings. The summed E-state index contributed by atoms with van der Waals surface area (Å²) in [7, 11) is 0. The summed E-state index contributed by atoms with van der Waals surface area (Å²) in [5.41, 5.74) is 0.371. The third-order valence-electron chi connectivity index (χ3n) is 4.03. The van der Waals surface area contributed by atoms with Gasteiger partial charge in [-0.25, -0.2) is 4.98 Å². The van der Waals surface area contributed by atoms with E-state index in [2.05, 4.69) is 30.7 Å². The molecule has 3 heteroatoms. The highest BCUT2D eigenvalue weighted by Crippen LogP contribution is 2.42. The van der Waals surface area contributed by atoms with Crippen LogP contribution in [0.4, 0.5) is 0 Å². The first kappa shape index (κ1) is 12.3. The second-order valence-corrected chi connectivity index (χ2v) is 6.23. The molecule has 0 aromatic carbocycles. The normalized spacial score (nSPS) is 25.8. The second-order valence-electron chi connectivity index (χ2n) is 6.23. The Morgan fingerprint density at radius 3 is 2.41 bits per heavy atom. The van der Waals surface area contributed by atoms with Gasteiger partial charge in [-0.1, -0.05) is 20.8 Å². The zero-order valence-corrected chi connectivity index (χ0v) is 11.0. The average Bonchev–Trinajstić information content (AvgIpc) is 2.28. The first-order valence-electron chi connectivity index (χ1n) is 6.52. The Kier molecular flexibility index (Phi) is 3.36. The molecule has 17 heavy (non-hydrogen) atoms. The third kappa shape index (κ3) is 2.96. The molecule has 1 aromatic rings. The summed E-state index contributed by atoms with van der Waals surface area (Å²) < 4.78 is 0. The van der Waals surface area contributed by atoms with E-state index in [-0.39, 0.29) is 5.56 Å². The molecule has 0 radical (unpaired) electrons. The van der Waals surface area contributed by atoms with Crippen LogP contribution >= 0.6 is 0 Å². The molecular weight excluding hydrogens is 212 g/mol. The van der Waals surface area contributed by atoms with Crippen molar-refractivity contribution in [2.45, 2.75) is 52.4 Å². The van der Waals surface area contributed by atoms with Gasteiger partial charge in [-0.15, -0.1) is 0 Å². The molecular formula is C14H22N2O. The number of hydrogen-bond acceptors (Lipinski definition) is 2. The van der Waals surface area contributed by atoms with Crippen molar-refractivity contribution in [2.24, 2.45) is 11.3 Å². The quantitative estimate of drug-likeness (QED) is 0.811. The number of aromatic amines is 1. The van der Waals surface area contributed by atoms with Gasteiger partial charge in [0.1, 0.15) is 5.82 Å². The van der Waals surface area contributed by atoms with E-state index >= 15 is 0 Å². The van der Waals surface area contributed by atoms with E-state index in [1.165, 1.54) is 18.9 Å². The van der Waals surface area contributed by atoms with Gasteiger partial charge in [-0.3, -0.25) is 4.79 Å². The molecule has 3 nitrogen and oxygen atoms in total. The molecule has 0 spiro atoms. The summed E-state index contributed by atoms with van der Waals surface area (Å²) in [5, 5.41) is 0. The first-order valence-corrected chi connectivity index (χ1v) is 6.52. The Morgan fingerprint density at radius 2 is 1.88 bits per heavy atom. The van der Waals surface area contributed by atoms with Crippen LogP contribution in [0.2, 0.25) is 0 Å². The monoisotopic (exact) mass is 234 g/mol. The molecule has 94 valence electrons. The largest absolute Gasteiger partial charge is 0.310 e. The highest BCUT2D eigenvalue weighted by atomic mass is 16.1. The van der Waals surface area contributed by atoms with Crippen LogP contribution in [0.5, 0.6) is 0 Å². The summed E-state index contributed by atoms with van der Waals surface area (Å²) >= 11 is 0. The van der Waals surface area contributed by atoms with Crippen molar-refractivity contribution in [3.63, 3.8) is 0 Å². The summed E-state index contributed by atoms with van der Waals surface area (Å²) in [5.74, 6) is 2.13. The van der Waals surface area contributed by atoms with Gasteiger partial charge < -0.3 is 4.98 Å². The Balaban J connectivity index is 2.02. The number of aromatic nitrogens is 2. The molecule has 1 aliphatic carbocycles. The molecule has 0 bridgehead atoms. The molecule has 0 aliphatic heterocycles. The average molecular weight is 234 g/mol. The van der Waals surface area contributed by atoms with E-state index in [1.807, 2.05) is 0 Å². The fourth-order valence-corrected chi connectivity index (χ4v) is 2.83. The second kappa shape index (κ2) is 4.63. The maximum Gasteiger partial charge on any atom is 0.250 e. The molecule has 0 atom stereocenters. The lowest BCUT2D eigenvalue weighted by Crippen LogP contribution is -2.26. The Labute approximate surface area is 103 Å². The standard InChI is InChI=1S/C14H22N2O/c1-14(2,3)11-6-4-10(5-7-11)13-15-9-8-12(17)16-13/h8-11H,4-7H2,1-3H3,(H,15,16,17). The van der Waals surface area contributed by atoms with Gasteiger partial charge in [0.15, 0.2) is 0 Å². The van der Waals surface area contributed by atoms with Crippen molar-refractivity contribution in [3.05, 3.63) is 28.4 Å². The number of rotatable bonds is 1. The Hall–Kier alpha value is -1.12. The molecule has 1 saturated carbocycles. The van der Waals surface area contributed by atoms with E-state index < -0.39 is 0 Å². The molecule has 1 N–H and O–H groups in total. The molecule has 1 fully saturated rings. The van der Waals surface area contributed by atoms with Gasteiger partial charge in [0.2, 0.25) is 0 Å². The fourth-order valence-electron chi connectivity index (χ4n) is 2.83. The number of H-pyrrole nitrogens is 1. The zero-order valence-electron chi connectivity index (χ0n) is 11.0. The Bertz CT molecular complexity index is 422. The predicted octanol–water partition coefficient (Wildman–Crippen LogP) is 3.09. The van der Waals surface area contributed by atoms with Crippen molar-refractivity contribution in [1.29, 1.82) is 0 Å². The third-order valence-corrected chi connectivity index (χ3v) is 4.03. The molecule has 0 saturated heterocycles. The highest BCUT2D eigenvalue weighted by molar-refractivity contribution is 5.00. The van der Waals surface area contributed by atoms with Crippen molar-refractivity contribution in [1.82, 2.24) is 9.97 Å². The van der Waals surface area contributed by atoms with Crippen molar-refractivity contribution < 1.29 is 0 Å². The van der Waals surface area contributed by atoms with E-state index in [1.54, 1.807) is 6.20 Å². The number of nitrogens with zero attached hydrogens (tertiary/aromatic N) is 1. The summed E-state index contributed by atoms with van der Waals surface area (Å²) in [6.07, 6.45) is 6.40. The SMILES string of the molecule is CC(C)(C)C1CCC(c2nccc(=O)[nH]2)CC1. The molecule has 1 heterocycles. The van der Waals surface area contributed by atoms with Gasteiger partial charge in [0.25, 0.3) is 5.56 Å². The van der Waals surface area contributed by atoms with Crippen molar-refractivity contribution >= 4 is 0 Å². The predicted molar refractivity (Wildman–Crippen MR) is 69.0 cm³/mol. The van der Waals surface area contributed by atoms with Crippen molar-refractivity contribution in [2.75, 3.05) is 0 Å². The van der Waals surface area contributed by atoms with Crippen LogP contribution in [-0.4, -0.2) is 9.97 Å². The van der Waals surface area contributed by atoms with Gasteiger partial charge >= 0.3 is 0 Å². The van der Waals surface area contributed by atoms with E-state index in [0.29, 0.717) is 11.3 Å². The van der Waals surface area contributed by atoms with Crippen LogP contribution in [0.3, 0.4) is 0 Å². The van der Waals surface area contributed by atoms with Gasteiger partial charge in [-0.05, 0) is 37.0 Å². The summed E-state index contributed by atoms with van der Waals surface area (Å²) in [6, 6.07) is 1.48. The number of nitrogens with one attached hydrogen (secondary N) is 1. The lowest BCUT2D eigenvalue weighted by atomic mass is 9.70. The van der Waals surface area contributed by atoms with Crippen LogP contribution in [0.25, 0.3) is 0 Å². The van der Waals surface area contributed by atoms with Gasteiger partial charge in [0, 0.05) is 18.2 Å². The Morgan fingerprint density at radius 1 is 1.24 bits per heavy atom. The maximum absolute atomic E-state index is 11.3. The highest BCUT2D eigenvalue weighted by Gasteiger charge is 2.30. The topological polar surface area (TPSA) is 45.8 Å².